The summed E-state index contributed by atoms with van der Waals surface area (Å²) < 4.78 is 10.3. The molecule has 2 N–H and O–H groups in total. The zero-order valence-electron chi connectivity index (χ0n) is 15.8. The molecule has 1 aromatic carbocycles. The second-order valence-corrected chi connectivity index (χ2v) is 6.37. The van der Waals surface area contributed by atoms with Gasteiger partial charge in [0.05, 0.1) is 18.2 Å². The lowest BCUT2D eigenvalue weighted by atomic mass is 9.95. The van der Waals surface area contributed by atoms with Crippen molar-refractivity contribution in [2.75, 3.05) is 38.3 Å². The van der Waals surface area contributed by atoms with Gasteiger partial charge in [-0.05, 0) is 50.7 Å². The van der Waals surface area contributed by atoms with Crippen molar-refractivity contribution in [3.8, 4) is 0 Å². The number of thiocarbonyl (C=S) groups is 1. The summed E-state index contributed by atoms with van der Waals surface area (Å²) in [6, 6.07) is 7.84. The van der Waals surface area contributed by atoms with E-state index in [9.17, 15) is 4.79 Å². The van der Waals surface area contributed by atoms with Crippen molar-refractivity contribution in [1.82, 2.24) is 10.6 Å². The van der Waals surface area contributed by atoms with Gasteiger partial charge in [0.1, 0.15) is 6.61 Å². The van der Waals surface area contributed by atoms with Crippen LogP contribution in [0.1, 0.15) is 32.4 Å². The van der Waals surface area contributed by atoms with Gasteiger partial charge >= 0.3 is 5.97 Å². The van der Waals surface area contributed by atoms with E-state index in [1.165, 1.54) is 0 Å². The summed E-state index contributed by atoms with van der Waals surface area (Å²) in [6.07, 6.45) is 0. The van der Waals surface area contributed by atoms with E-state index in [1.807, 2.05) is 19.1 Å². The number of esters is 1. The summed E-state index contributed by atoms with van der Waals surface area (Å²) in [5.41, 5.74) is 3.35. The van der Waals surface area contributed by atoms with Crippen molar-refractivity contribution >= 4 is 29.0 Å². The number of benzene rings is 1. The highest BCUT2D eigenvalue weighted by Crippen LogP contribution is 2.29. The maximum absolute atomic E-state index is 12.6. The van der Waals surface area contributed by atoms with E-state index in [-0.39, 0.29) is 18.6 Å². The number of anilines is 1. The Morgan fingerprint density at radius 3 is 2.42 bits per heavy atom. The number of carbonyl (C=O) groups is 1. The first-order valence-electron chi connectivity index (χ1n) is 8.81. The van der Waals surface area contributed by atoms with Gasteiger partial charge < -0.3 is 25.0 Å². The maximum atomic E-state index is 12.6. The number of carbonyl (C=O) groups excluding carboxylic acids is 1. The third-order valence-corrected chi connectivity index (χ3v) is 4.58. The molecule has 1 aliphatic heterocycles. The first-order chi connectivity index (χ1) is 12.5. The first kappa shape index (κ1) is 20.2. The largest absolute Gasteiger partial charge is 0.460 e. The van der Waals surface area contributed by atoms with Gasteiger partial charge in [0.2, 0.25) is 0 Å². The fourth-order valence-electron chi connectivity index (χ4n) is 2.98. The molecule has 0 saturated carbocycles. The summed E-state index contributed by atoms with van der Waals surface area (Å²) >= 11 is 5.27. The van der Waals surface area contributed by atoms with Crippen LogP contribution in [-0.4, -0.2) is 44.5 Å². The summed E-state index contributed by atoms with van der Waals surface area (Å²) in [6.45, 7) is 8.56. The minimum atomic E-state index is -0.375. The van der Waals surface area contributed by atoms with Crippen LogP contribution in [0.2, 0.25) is 0 Å². The molecule has 6 nitrogen and oxygen atoms in total. The Morgan fingerprint density at radius 1 is 1.19 bits per heavy atom. The normalized spacial score (nSPS) is 16.8. The summed E-state index contributed by atoms with van der Waals surface area (Å²) in [5.74, 6) is -0.375. The van der Waals surface area contributed by atoms with Gasteiger partial charge in [-0.15, -0.1) is 0 Å². The van der Waals surface area contributed by atoms with Crippen molar-refractivity contribution in [1.29, 1.82) is 0 Å². The molecule has 0 bridgehead atoms. The Bertz CT molecular complexity index is 669. The Morgan fingerprint density at radius 2 is 1.85 bits per heavy atom. The molecular formula is C19H27N3O3S. The molecule has 142 valence electrons. The Balaban J connectivity index is 2.27. The Kier molecular flexibility index (Phi) is 7.41. The highest BCUT2D eigenvalue weighted by atomic mass is 32.1. The highest BCUT2D eigenvalue weighted by Gasteiger charge is 2.30. The minimum Gasteiger partial charge on any atom is -0.460 e. The predicted molar refractivity (Wildman–Crippen MR) is 107 cm³/mol. The van der Waals surface area contributed by atoms with Crippen LogP contribution in [0.25, 0.3) is 0 Å². The maximum Gasteiger partial charge on any atom is 0.338 e. The summed E-state index contributed by atoms with van der Waals surface area (Å²) in [7, 11) is 1.57. The average Bonchev–Trinajstić information content (AvgIpc) is 2.62. The average molecular weight is 378 g/mol. The Labute approximate surface area is 160 Å². The zero-order valence-corrected chi connectivity index (χ0v) is 16.6. The van der Waals surface area contributed by atoms with Gasteiger partial charge in [-0.1, -0.05) is 12.1 Å². The quantitative estimate of drug-likeness (QED) is 0.410. The number of nitrogens with zero attached hydrogens (tertiary/aromatic N) is 1. The molecular weight excluding hydrogens is 350 g/mol. The molecule has 0 unspecified atom stereocenters. The molecule has 0 aliphatic carbocycles. The zero-order chi connectivity index (χ0) is 19.1. The number of ether oxygens (including phenoxy) is 2. The topological polar surface area (TPSA) is 62.8 Å². The molecule has 0 saturated heterocycles. The third-order valence-electron chi connectivity index (χ3n) is 4.36. The molecule has 1 aromatic rings. The molecule has 1 aliphatic rings. The molecule has 7 heteroatoms. The lowest BCUT2D eigenvalue weighted by Gasteiger charge is -2.30. The SMILES string of the molecule is CCN(CC)c1ccc([C@H]2NC(=S)NC(C)=C2C(=O)OCCOC)cc1. The number of hydrogen-bond acceptors (Lipinski definition) is 5. The van der Waals surface area contributed by atoms with Crippen molar-refractivity contribution in [2.45, 2.75) is 26.8 Å². The molecule has 2 rings (SSSR count). The summed E-state index contributed by atoms with van der Waals surface area (Å²) in [4.78, 5) is 14.8. The van der Waals surface area contributed by atoms with Gasteiger partial charge in [0.25, 0.3) is 0 Å². The van der Waals surface area contributed by atoms with Crippen LogP contribution >= 0.6 is 12.2 Å². The first-order valence-corrected chi connectivity index (χ1v) is 9.21. The van der Waals surface area contributed by atoms with Gasteiger partial charge in [0.15, 0.2) is 5.11 Å². The number of nitrogens with one attached hydrogen (secondary N) is 2. The monoisotopic (exact) mass is 377 g/mol. The highest BCUT2D eigenvalue weighted by molar-refractivity contribution is 7.80. The van der Waals surface area contributed by atoms with E-state index in [2.05, 4.69) is 41.5 Å². The second kappa shape index (κ2) is 9.54. The number of rotatable bonds is 8. The molecule has 26 heavy (non-hydrogen) atoms. The molecule has 1 atom stereocenters. The number of hydrogen-bond donors (Lipinski definition) is 2. The van der Waals surface area contributed by atoms with Crippen molar-refractivity contribution in [3.05, 3.63) is 41.1 Å². The van der Waals surface area contributed by atoms with Gasteiger partial charge in [0, 0.05) is 31.6 Å². The molecule has 0 spiro atoms. The molecule has 0 fully saturated rings. The molecule has 0 radical (unpaired) electrons. The van der Waals surface area contributed by atoms with Crippen LogP contribution in [0.15, 0.2) is 35.5 Å². The molecule has 0 amide bonds. The van der Waals surface area contributed by atoms with Crippen LogP contribution in [0.5, 0.6) is 0 Å². The predicted octanol–water partition coefficient (Wildman–Crippen LogP) is 2.52. The van der Waals surface area contributed by atoms with Gasteiger partial charge in [-0.2, -0.15) is 0 Å². The van der Waals surface area contributed by atoms with Gasteiger partial charge in [-0.3, -0.25) is 0 Å². The minimum absolute atomic E-state index is 0.212. The van der Waals surface area contributed by atoms with E-state index < -0.39 is 0 Å². The molecule has 0 aromatic heterocycles. The fraction of sp³-hybridized carbons (Fsp3) is 0.474. The van der Waals surface area contributed by atoms with Crippen molar-refractivity contribution in [2.24, 2.45) is 0 Å². The van der Waals surface area contributed by atoms with Crippen LogP contribution in [0.3, 0.4) is 0 Å². The fourth-order valence-corrected chi connectivity index (χ4v) is 3.25. The van der Waals surface area contributed by atoms with Crippen molar-refractivity contribution in [3.63, 3.8) is 0 Å². The Hall–Kier alpha value is -2.12. The summed E-state index contributed by atoms with van der Waals surface area (Å²) in [5, 5.41) is 6.68. The standard InChI is InChI=1S/C19H27N3O3S/c1-5-22(6-2)15-9-7-14(8-10-15)17-16(13(3)20-19(26)21-17)18(23)25-12-11-24-4/h7-10,17H,5-6,11-12H2,1-4H3,(H2,20,21,26)/t17-/m1/s1. The van der Waals surface area contributed by atoms with Crippen LogP contribution < -0.4 is 15.5 Å². The lowest BCUT2D eigenvalue weighted by molar-refractivity contribution is -0.140. The van der Waals surface area contributed by atoms with Gasteiger partial charge in [-0.25, -0.2) is 4.79 Å². The van der Waals surface area contributed by atoms with Crippen LogP contribution in [-0.2, 0) is 14.3 Å². The number of allylic oxidation sites excluding steroid dienone is 1. The second-order valence-electron chi connectivity index (χ2n) is 5.96. The van der Waals surface area contributed by atoms with Crippen molar-refractivity contribution < 1.29 is 14.3 Å². The van der Waals surface area contributed by atoms with E-state index >= 15 is 0 Å². The van der Waals surface area contributed by atoms with E-state index in [1.54, 1.807) is 7.11 Å². The number of methoxy groups -OCH3 is 1. The van der Waals surface area contributed by atoms with E-state index in [0.717, 1.165) is 24.3 Å². The third kappa shape index (κ3) is 4.74. The van der Waals surface area contributed by atoms with E-state index in [4.69, 9.17) is 21.7 Å². The van der Waals surface area contributed by atoms with Crippen LogP contribution in [0.4, 0.5) is 5.69 Å². The van der Waals surface area contributed by atoms with E-state index in [0.29, 0.717) is 23.0 Å². The van der Waals surface area contributed by atoms with Crippen LogP contribution in [0, 0.1) is 0 Å². The molecule has 1 heterocycles. The smallest absolute Gasteiger partial charge is 0.338 e. The lowest BCUT2D eigenvalue weighted by Crippen LogP contribution is -2.45.